The zero-order valence-electron chi connectivity index (χ0n) is 10.5. The number of carbonyl (C=O) groups is 1. The number of aromatic nitrogens is 1. The molecule has 0 spiro atoms. The van der Waals surface area contributed by atoms with Crippen LogP contribution in [-0.4, -0.2) is 23.1 Å². The summed E-state index contributed by atoms with van der Waals surface area (Å²) in [5.41, 5.74) is 1.07. The minimum Gasteiger partial charge on any atom is -0.507 e. The number of methoxy groups -OCH3 is 1. The Kier molecular flexibility index (Phi) is 3.97. The molecule has 1 aromatic carbocycles. The van der Waals surface area contributed by atoms with Crippen LogP contribution in [0.4, 0.5) is 0 Å². The van der Waals surface area contributed by atoms with Crippen LogP contribution in [0, 0.1) is 0 Å². The summed E-state index contributed by atoms with van der Waals surface area (Å²) in [7, 11) is 1.45. The van der Waals surface area contributed by atoms with Crippen LogP contribution in [0.15, 0.2) is 42.7 Å². The maximum Gasteiger partial charge on any atom is 0.259 e. The zero-order chi connectivity index (χ0) is 13.7. The van der Waals surface area contributed by atoms with Crippen molar-refractivity contribution in [3.05, 3.63) is 53.9 Å². The van der Waals surface area contributed by atoms with Crippen LogP contribution in [0.25, 0.3) is 0 Å². The molecule has 98 valence electrons. The lowest BCUT2D eigenvalue weighted by molar-refractivity contribution is 0.0945. The van der Waals surface area contributed by atoms with Crippen LogP contribution < -0.4 is 10.1 Å². The fraction of sp³-hybridized carbons (Fsp3) is 0.143. The van der Waals surface area contributed by atoms with Gasteiger partial charge in [0.05, 0.1) is 7.11 Å². The highest BCUT2D eigenvalue weighted by molar-refractivity contribution is 5.99. The molecule has 1 heterocycles. The molecule has 1 aromatic heterocycles. The third-order valence-electron chi connectivity index (χ3n) is 2.65. The van der Waals surface area contributed by atoms with Crippen molar-refractivity contribution in [2.24, 2.45) is 0 Å². The molecule has 0 fully saturated rings. The van der Waals surface area contributed by atoms with E-state index in [9.17, 15) is 9.90 Å². The topological polar surface area (TPSA) is 71.5 Å². The van der Waals surface area contributed by atoms with Crippen molar-refractivity contribution in [1.29, 1.82) is 0 Å². The van der Waals surface area contributed by atoms with Gasteiger partial charge >= 0.3 is 0 Å². The van der Waals surface area contributed by atoms with Crippen LogP contribution >= 0.6 is 0 Å². The van der Waals surface area contributed by atoms with E-state index < -0.39 is 0 Å². The molecular weight excluding hydrogens is 244 g/mol. The molecule has 0 aliphatic heterocycles. The van der Waals surface area contributed by atoms with Crippen LogP contribution in [-0.2, 0) is 6.54 Å². The molecule has 2 N–H and O–H groups in total. The number of hydrogen-bond acceptors (Lipinski definition) is 4. The SMILES string of the molecule is COc1cccc(O)c1C(=O)NCc1ccncc1. The predicted molar refractivity (Wildman–Crippen MR) is 70.1 cm³/mol. The number of aromatic hydroxyl groups is 1. The lowest BCUT2D eigenvalue weighted by atomic mass is 10.1. The molecule has 0 saturated carbocycles. The first kappa shape index (κ1) is 12.9. The molecule has 5 heteroatoms. The third-order valence-corrected chi connectivity index (χ3v) is 2.65. The minimum atomic E-state index is -0.383. The average Bonchev–Trinajstić information content (AvgIpc) is 2.45. The Bertz CT molecular complexity index is 570. The highest BCUT2D eigenvalue weighted by atomic mass is 16.5. The van der Waals surface area contributed by atoms with Gasteiger partial charge in [0, 0.05) is 18.9 Å². The van der Waals surface area contributed by atoms with Gasteiger partial charge in [-0.25, -0.2) is 0 Å². The van der Waals surface area contributed by atoms with Gasteiger partial charge in [-0.1, -0.05) is 6.07 Å². The molecule has 2 aromatic rings. The van der Waals surface area contributed by atoms with Crippen LogP contribution in [0.5, 0.6) is 11.5 Å². The highest BCUT2D eigenvalue weighted by Gasteiger charge is 2.16. The number of rotatable bonds is 4. The number of nitrogens with zero attached hydrogens (tertiary/aromatic N) is 1. The van der Waals surface area contributed by atoms with Gasteiger partial charge in [0.25, 0.3) is 5.91 Å². The van der Waals surface area contributed by atoms with Crippen molar-refractivity contribution in [2.45, 2.75) is 6.54 Å². The lowest BCUT2D eigenvalue weighted by Crippen LogP contribution is -2.23. The highest BCUT2D eigenvalue weighted by Crippen LogP contribution is 2.26. The summed E-state index contributed by atoms with van der Waals surface area (Å²) < 4.78 is 5.07. The quantitative estimate of drug-likeness (QED) is 0.876. The number of pyridine rings is 1. The Labute approximate surface area is 110 Å². The summed E-state index contributed by atoms with van der Waals surface area (Å²) in [6.07, 6.45) is 3.31. The molecule has 0 aliphatic rings. The summed E-state index contributed by atoms with van der Waals surface area (Å²) in [4.78, 5) is 16.0. The van der Waals surface area contributed by atoms with Crippen molar-refractivity contribution in [2.75, 3.05) is 7.11 Å². The second-order valence-electron chi connectivity index (χ2n) is 3.89. The minimum absolute atomic E-state index is 0.105. The smallest absolute Gasteiger partial charge is 0.259 e. The van der Waals surface area contributed by atoms with Crippen LogP contribution in [0.1, 0.15) is 15.9 Å². The second-order valence-corrected chi connectivity index (χ2v) is 3.89. The van der Waals surface area contributed by atoms with Gasteiger partial charge in [-0.05, 0) is 29.8 Å². The number of carbonyl (C=O) groups excluding carboxylic acids is 1. The molecule has 19 heavy (non-hydrogen) atoms. The largest absolute Gasteiger partial charge is 0.507 e. The lowest BCUT2D eigenvalue weighted by Gasteiger charge is -2.10. The van der Waals surface area contributed by atoms with Crippen LogP contribution in [0.2, 0.25) is 0 Å². The summed E-state index contributed by atoms with van der Waals surface area (Å²) in [6, 6.07) is 8.31. The number of amides is 1. The summed E-state index contributed by atoms with van der Waals surface area (Å²) in [5.74, 6) is -0.148. The van der Waals surface area contributed by atoms with Crippen molar-refractivity contribution in [3.8, 4) is 11.5 Å². The van der Waals surface area contributed by atoms with E-state index >= 15 is 0 Å². The summed E-state index contributed by atoms with van der Waals surface area (Å²) in [5, 5.41) is 12.5. The Morgan fingerprint density at radius 3 is 2.74 bits per heavy atom. The second kappa shape index (κ2) is 5.86. The molecule has 0 atom stereocenters. The Morgan fingerprint density at radius 2 is 2.05 bits per heavy atom. The molecule has 2 rings (SSSR count). The first-order valence-electron chi connectivity index (χ1n) is 5.75. The van der Waals surface area contributed by atoms with Gasteiger partial charge in [-0.3, -0.25) is 9.78 Å². The number of benzene rings is 1. The van der Waals surface area contributed by atoms with E-state index in [1.807, 2.05) is 12.1 Å². The monoisotopic (exact) mass is 258 g/mol. The maximum absolute atomic E-state index is 12.1. The van der Waals surface area contributed by atoms with E-state index in [2.05, 4.69) is 10.3 Å². The number of phenols is 1. The molecule has 0 bridgehead atoms. The van der Waals surface area contributed by atoms with Gasteiger partial charge in [0.1, 0.15) is 17.1 Å². The Hall–Kier alpha value is -2.56. The van der Waals surface area contributed by atoms with Crippen molar-refractivity contribution < 1.29 is 14.6 Å². The number of phenolic OH excluding ortho intramolecular Hbond substituents is 1. The first-order valence-corrected chi connectivity index (χ1v) is 5.75. The number of hydrogen-bond donors (Lipinski definition) is 2. The molecule has 0 radical (unpaired) electrons. The van der Waals surface area contributed by atoms with Crippen molar-refractivity contribution >= 4 is 5.91 Å². The molecule has 0 unspecified atom stereocenters. The zero-order valence-corrected chi connectivity index (χ0v) is 10.5. The normalized spacial score (nSPS) is 9.95. The summed E-state index contributed by atoms with van der Waals surface area (Å²) >= 11 is 0. The van der Waals surface area contributed by atoms with Crippen LogP contribution in [0.3, 0.4) is 0 Å². The van der Waals surface area contributed by atoms with E-state index in [1.165, 1.54) is 13.2 Å². The van der Waals surface area contributed by atoms with E-state index in [1.54, 1.807) is 24.5 Å². The molecule has 0 saturated heterocycles. The first-order chi connectivity index (χ1) is 9.22. The molecule has 5 nitrogen and oxygen atoms in total. The molecular formula is C14H14N2O3. The van der Waals surface area contributed by atoms with E-state index in [4.69, 9.17) is 4.74 Å². The fourth-order valence-corrected chi connectivity index (χ4v) is 1.69. The number of nitrogens with one attached hydrogen (secondary N) is 1. The predicted octanol–water partition coefficient (Wildman–Crippen LogP) is 1.73. The third kappa shape index (κ3) is 3.01. The Balaban J connectivity index is 2.12. The van der Waals surface area contributed by atoms with E-state index in [0.29, 0.717) is 12.3 Å². The van der Waals surface area contributed by atoms with Crippen molar-refractivity contribution in [1.82, 2.24) is 10.3 Å². The van der Waals surface area contributed by atoms with Gasteiger partial charge in [-0.2, -0.15) is 0 Å². The summed E-state index contributed by atoms with van der Waals surface area (Å²) in [6.45, 7) is 0.360. The van der Waals surface area contributed by atoms with Gasteiger partial charge in [-0.15, -0.1) is 0 Å². The van der Waals surface area contributed by atoms with E-state index in [-0.39, 0.29) is 17.2 Å². The van der Waals surface area contributed by atoms with Gasteiger partial charge in [0.2, 0.25) is 0 Å². The van der Waals surface area contributed by atoms with E-state index in [0.717, 1.165) is 5.56 Å². The fourth-order valence-electron chi connectivity index (χ4n) is 1.69. The average molecular weight is 258 g/mol. The van der Waals surface area contributed by atoms with Crippen molar-refractivity contribution in [3.63, 3.8) is 0 Å². The number of ether oxygens (including phenoxy) is 1. The Morgan fingerprint density at radius 1 is 1.32 bits per heavy atom. The standard InChI is InChI=1S/C14H14N2O3/c1-19-12-4-2-3-11(17)13(12)14(18)16-9-10-5-7-15-8-6-10/h2-8,17H,9H2,1H3,(H,16,18). The van der Waals surface area contributed by atoms with Gasteiger partial charge < -0.3 is 15.2 Å². The molecule has 1 amide bonds. The maximum atomic E-state index is 12.1. The molecule has 0 aliphatic carbocycles. The van der Waals surface area contributed by atoms with Gasteiger partial charge in [0.15, 0.2) is 0 Å².